The Morgan fingerprint density at radius 2 is 1.94 bits per heavy atom. The second kappa shape index (κ2) is 6.00. The quantitative estimate of drug-likeness (QED) is 0.802. The van der Waals surface area contributed by atoms with Crippen molar-refractivity contribution < 1.29 is 13.2 Å². The highest BCUT2D eigenvalue weighted by Gasteiger charge is 2.27. The highest BCUT2D eigenvalue weighted by molar-refractivity contribution is 9.10. The van der Waals surface area contributed by atoms with Gasteiger partial charge in [-0.25, -0.2) is 0 Å². The molecule has 0 aliphatic heterocycles. The van der Waals surface area contributed by atoms with Crippen LogP contribution in [0.15, 0.2) is 16.6 Å². The molecule has 1 aromatic carbocycles. The van der Waals surface area contributed by atoms with Crippen LogP contribution in [-0.2, 0) is 0 Å². The molecule has 0 saturated heterocycles. The standard InChI is InChI=1S/C11H13BrF3NS/c1-7-5-8(2)10(9(12)6-7)16-3-4-17-11(13,14)15/h5-6,16H,3-4H2,1-2H3. The Morgan fingerprint density at radius 3 is 2.47 bits per heavy atom. The molecule has 1 nitrogen and oxygen atoms in total. The molecule has 0 fully saturated rings. The summed E-state index contributed by atoms with van der Waals surface area (Å²) in [6, 6.07) is 3.93. The minimum absolute atomic E-state index is 0.00323. The SMILES string of the molecule is Cc1cc(C)c(NCCSC(F)(F)F)c(Br)c1. The Kier molecular flexibility index (Phi) is 5.19. The van der Waals surface area contributed by atoms with Gasteiger partial charge in [0.05, 0.1) is 5.69 Å². The molecule has 0 spiro atoms. The fourth-order valence-electron chi connectivity index (χ4n) is 1.48. The molecule has 0 bridgehead atoms. The van der Waals surface area contributed by atoms with E-state index in [1.54, 1.807) is 0 Å². The molecule has 0 heterocycles. The van der Waals surface area contributed by atoms with Gasteiger partial charge in [-0.3, -0.25) is 0 Å². The number of benzene rings is 1. The van der Waals surface area contributed by atoms with E-state index < -0.39 is 5.51 Å². The molecule has 0 saturated carbocycles. The molecule has 0 unspecified atom stereocenters. The van der Waals surface area contributed by atoms with E-state index in [4.69, 9.17) is 0 Å². The van der Waals surface area contributed by atoms with E-state index >= 15 is 0 Å². The molecule has 1 rings (SSSR count). The predicted molar refractivity (Wildman–Crippen MR) is 70.6 cm³/mol. The summed E-state index contributed by atoms with van der Waals surface area (Å²) in [7, 11) is 0. The summed E-state index contributed by atoms with van der Waals surface area (Å²) in [5.41, 5.74) is -1.15. The van der Waals surface area contributed by atoms with Crippen LogP contribution >= 0.6 is 27.7 Å². The third-order valence-corrected chi connectivity index (χ3v) is 3.46. The first-order valence-corrected chi connectivity index (χ1v) is 6.79. The van der Waals surface area contributed by atoms with Crippen LogP contribution in [0.25, 0.3) is 0 Å². The number of rotatable bonds is 4. The molecule has 0 aliphatic carbocycles. The highest BCUT2D eigenvalue weighted by Crippen LogP contribution is 2.31. The Labute approximate surface area is 111 Å². The lowest BCUT2D eigenvalue weighted by atomic mass is 10.1. The number of hydrogen-bond donors (Lipinski definition) is 1. The van der Waals surface area contributed by atoms with Gasteiger partial charge >= 0.3 is 5.51 Å². The third kappa shape index (κ3) is 5.21. The fourth-order valence-corrected chi connectivity index (χ4v) is 2.73. The summed E-state index contributed by atoms with van der Waals surface area (Å²) >= 11 is 3.39. The van der Waals surface area contributed by atoms with Crippen molar-refractivity contribution >= 4 is 33.4 Å². The van der Waals surface area contributed by atoms with E-state index in [2.05, 4.69) is 21.2 Å². The Balaban J connectivity index is 2.53. The van der Waals surface area contributed by atoms with Gasteiger partial charge in [0.2, 0.25) is 0 Å². The van der Waals surface area contributed by atoms with Gasteiger partial charge in [0, 0.05) is 16.8 Å². The van der Waals surface area contributed by atoms with Crippen molar-refractivity contribution in [2.75, 3.05) is 17.6 Å². The second-order valence-corrected chi connectivity index (χ2v) is 5.67. The smallest absolute Gasteiger partial charge is 0.383 e. The summed E-state index contributed by atoms with van der Waals surface area (Å²) in [5, 5.41) is 3.01. The number of anilines is 1. The van der Waals surface area contributed by atoms with Gasteiger partial charge in [-0.15, -0.1) is 0 Å². The van der Waals surface area contributed by atoms with Crippen LogP contribution in [0.3, 0.4) is 0 Å². The van der Waals surface area contributed by atoms with Crippen molar-refractivity contribution in [3.8, 4) is 0 Å². The zero-order valence-electron chi connectivity index (χ0n) is 9.49. The maximum absolute atomic E-state index is 11.9. The predicted octanol–water partition coefficient (Wildman–Crippen LogP) is 4.73. The van der Waals surface area contributed by atoms with Crippen molar-refractivity contribution in [3.63, 3.8) is 0 Å². The maximum Gasteiger partial charge on any atom is 0.441 e. The van der Waals surface area contributed by atoms with Crippen molar-refractivity contribution in [1.29, 1.82) is 0 Å². The maximum atomic E-state index is 11.9. The molecule has 0 aliphatic rings. The van der Waals surface area contributed by atoms with Crippen LogP contribution in [0.2, 0.25) is 0 Å². The minimum Gasteiger partial charge on any atom is -0.383 e. The van der Waals surface area contributed by atoms with Gasteiger partial charge < -0.3 is 5.32 Å². The van der Waals surface area contributed by atoms with Crippen LogP contribution in [0.5, 0.6) is 0 Å². The summed E-state index contributed by atoms with van der Waals surface area (Å²) < 4.78 is 36.6. The Hall–Kier alpha value is -0.360. The average molecular weight is 328 g/mol. The van der Waals surface area contributed by atoms with Crippen molar-refractivity contribution in [2.24, 2.45) is 0 Å². The van der Waals surface area contributed by atoms with Crippen LogP contribution in [-0.4, -0.2) is 17.8 Å². The topological polar surface area (TPSA) is 12.0 Å². The van der Waals surface area contributed by atoms with E-state index in [1.807, 2.05) is 26.0 Å². The first-order valence-electron chi connectivity index (χ1n) is 5.01. The molecular formula is C11H13BrF3NS. The van der Waals surface area contributed by atoms with Gasteiger partial charge in [-0.2, -0.15) is 13.2 Å². The Bertz CT molecular complexity index is 370. The number of thioether (sulfide) groups is 1. The highest BCUT2D eigenvalue weighted by atomic mass is 79.9. The Morgan fingerprint density at radius 1 is 1.29 bits per heavy atom. The van der Waals surface area contributed by atoms with Crippen LogP contribution in [0.4, 0.5) is 18.9 Å². The van der Waals surface area contributed by atoms with E-state index in [-0.39, 0.29) is 24.1 Å². The fraction of sp³-hybridized carbons (Fsp3) is 0.455. The van der Waals surface area contributed by atoms with Gasteiger partial charge in [0.15, 0.2) is 0 Å². The molecule has 17 heavy (non-hydrogen) atoms. The zero-order chi connectivity index (χ0) is 13.1. The van der Waals surface area contributed by atoms with Crippen molar-refractivity contribution in [2.45, 2.75) is 19.4 Å². The zero-order valence-corrected chi connectivity index (χ0v) is 11.9. The molecule has 6 heteroatoms. The molecule has 1 N–H and O–H groups in total. The number of hydrogen-bond acceptors (Lipinski definition) is 2. The number of halogens is 4. The van der Waals surface area contributed by atoms with Crippen molar-refractivity contribution in [1.82, 2.24) is 0 Å². The summed E-state index contributed by atoms with van der Waals surface area (Å²) in [6.45, 7) is 4.19. The average Bonchev–Trinajstić information content (AvgIpc) is 2.13. The van der Waals surface area contributed by atoms with Gasteiger partial charge in [-0.1, -0.05) is 6.07 Å². The second-order valence-electron chi connectivity index (χ2n) is 3.66. The largest absolute Gasteiger partial charge is 0.441 e. The first-order chi connectivity index (χ1) is 7.79. The minimum atomic E-state index is -4.15. The molecule has 1 aromatic rings. The van der Waals surface area contributed by atoms with E-state index in [1.165, 1.54) is 0 Å². The van der Waals surface area contributed by atoms with Crippen molar-refractivity contribution in [3.05, 3.63) is 27.7 Å². The lowest BCUT2D eigenvalue weighted by molar-refractivity contribution is -0.0327. The van der Waals surface area contributed by atoms with Crippen LogP contribution in [0, 0.1) is 13.8 Å². The molecule has 0 atom stereocenters. The van der Waals surface area contributed by atoms with E-state index in [0.717, 1.165) is 21.3 Å². The first kappa shape index (κ1) is 14.7. The van der Waals surface area contributed by atoms with Crippen LogP contribution in [0.1, 0.15) is 11.1 Å². The normalized spacial score (nSPS) is 11.6. The number of alkyl halides is 3. The molecular weight excluding hydrogens is 315 g/mol. The van der Waals surface area contributed by atoms with Crippen LogP contribution < -0.4 is 5.32 Å². The third-order valence-electron chi connectivity index (χ3n) is 2.10. The van der Waals surface area contributed by atoms with Gasteiger partial charge in [0.1, 0.15) is 0 Å². The molecule has 0 amide bonds. The summed E-state index contributed by atoms with van der Waals surface area (Å²) in [5.74, 6) is 0.00323. The van der Waals surface area contributed by atoms with Gasteiger partial charge in [-0.05, 0) is 58.7 Å². The van der Waals surface area contributed by atoms with E-state index in [0.29, 0.717) is 0 Å². The molecule has 96 valence electrons. The monoisotopic (exact) mass is 327 g/mol. The van der Waals surface area contributed by atoms with E-state index in [9.17, 15) is 13.2 Å². The summed E-state index contributed by atoms with van der Waals surface area (Å²) in [6.07, 6.45) is 0. The number of aryl methyl sites for hydroxylation is 2. The lowest BCUT2D eigenvalue weighted by Crippen LogP contribution is -2.10. The number of nitrogens with one attached hydrogen (secondary N) is 1. The van der Waals surface area contributed by atoms with Gasteiger partial charge in [0.25, 0.3) is 0 Å². The molecule has 0 radical (unpaired) electrons. The lowest BCUT2D eigenvalue weighted by Gasteiger charge is -2.13. The molecule has 0 aromatic heterocycles. The summed E-state index contributed by atoms with van der Waals surface area (Å²) in [4.78, 5) is 0.